The smallest absolute Gasteiger partial charge is 0.416 e. The number of alkyl halides is 3. The van der Waals surface area contributed by atoms with Gasteiger partial charge < -0.3 is 20.3 Å². The Labute approximate surface area is 106 Å². The number of nitrogens with one attached hydrogen (secondary N) is 1. The summed E-state index contributed by atoms with van der Waals surface area (Å²) in [6.45, 7) is -1.52. The van der Waals surface area contributed by atoms with Crippen LogP contribution in [0.3, 0.4) is 0 Å². The molecule has 8 heteroatoms. The minimum atomic E-state index is -4.79. The van der Waals surface area contributed by atoms with Gasteiger partial charge in [-0.25, -0.2) is 0 Å². The predicted molar refractivity (Wildman–Crippen MR) is 58.7 cm³/mol. The number of aromatic hydroxyl groups is 1. The number of amides is 1. The maximum Gasteiger partial charge on any atom is 0.416 e. The quantitative estimate of drug-likeness (QED) is 0.745. The molecule has 0 saturated carbocycles. The number of carbonyl (C=O) groups is 1. The first-order valence-electron chi connectivity index (χ1n) is 5.23. The summed E-state index contributed by atoms with van der Waals surface area (Å²) in [5.74, 6) is -0.994. The second-order valence-electron chi connectivity index (χ2n) is 3.62. The predicted octanol–water partition coefficient (Wildman–Crippen LogP) is 0.810. The lowest BCUT2D eigenvalue weighted by molar-refractivity contribution is -0.201. The van der Waals surface area contributed by atoms with Crippen molar-refractivity contribution in [2.75, 3.05) is 13.2 Å². The molecule has 1 rings (SSSR count). The molecular weight excluding hydrogens is 267 g/mol. The number of hydrogen-bond acceptors (Lipinski definition) is 4. The van der Waals surface area contributed by atoms with E-state index in [2.05, 4.69) is 0 Å². The van der Waals surface area contributed by atoms with E-state index in [4.69, 9.17) is 9.84 Å². The lowest BCUT2D eigenvalue weighted by atomic mass is 10.3. The van der Waals surface area contributed by atoms with E-state index in [1.165, 1.54) is 12.1 Å². The van der Waals surface area contributed by atoms with Gasteiger partial charge in [-0.15, -0.1) is 0 Å². The number of phenols is 1. The van der Waals surface area contributed by atoms with Gasteiger partial charge in [0, 0.05) is 0 Å². The number of hydrogen-bond donors (Lipinski definition) is 3. The fourth-order valence-corrected chi connectivity index (χ4v) is 1.10. The molecule has 0 aromatic heterocycles. The van der Waals surface area contributed by atoms with Crippen molar-refractivity contribution in [3.63, 3.8) is 0 Å². The van der Waals surface area contributed by atoms with Crippen molar-refractivity contribution in [3.05, 3.63) is 24.3 Å². The number of ether oxygens (including phenoxy) is 1. The van der Waals surface area contributed by atoms with Crippen LogP contribution < -0.4 is 10.1 Å². The van der Waals surface area contributed by atoms with E-state index >= 15 is 0 Å². The van der Waals surface area contributed by atoms with E-state index in [0.29, 0.717) is 0 Å². The number of para-hydroxylation sites is 2. The molecule has 1 aromatic rings. The van der Waals surface area contributed by atoms with Crippen LogP contribution in [0.5, 0.6) is 11.5 Å². The van der Waals surface area contributed by atoms with Crippen LogP contribution in [-0.2, 0) is 4.79 Å². The summed E-state index contributed by atoms with van der Waals surface area (Å²) in [6, 6.07) is 5.83. The largest absolute Gasteiger partial charge is 0.504 e. The van der Waals surface area contributed by atoms with Crippen molar-refractivity contribution in [2.45, 2.75) is 12.3 Å². The normalized spacial score (nSPS) is 12.8. The van der Waals surface area contributed by atoms with Gasteiger partial charge in [0.25, 0.3) is 5.91 Å². The molecule has 1 atom stereocenters. The molecule has 1 unspecified atom stereocenters. The lowest BCUT2D eigenvalue weighted by Gasteiger charge is -2.15. The summed E-state index contributed by atoms with van der Waals surface area (Å²) in [5.41, 5.74) is 0. The Hall–Kier alpha value is -1.96. The minimum absolute atomic E-state index is 0.0361. The van der Waals surface area contributed by atoms with Gasteiger partial charge in [0.05, 0.1) is 6.54 Å². The lowest BCUT2D eigenvalue weighted by Crippen LogP contribution is -2.42. The highest BCUT2D eigenvalue weighted by Gasteiger charge is 2.38. The van der Waals surface area contributed by atoms with E-state index in [0.717, 1.165) is 0 Å². The molecular formula is C11H12F3NO4. The van der Waals surface area contributed by atoms with E-state index in [1.807, 2.05) is 5.32 Å². The van der Waals surface area contributed by atoms with Crippen molar-refractivity contribution in [2.24, 2.45) is 0 Å². The van der Waals surface area contributed by atoms with Crippen LogP contribution in [0.25, 0.3) is 0 Å². The average Bonchev–Trinajstić information content (AvgIpc) is 2.33. The summed E-state index contributed by atoms with van der Waals surface area (Å²) in [4.78, 5) is 11.2. The van der Waals surface area contributed by atoms with Crippen LogP contribution in [-0.4, -0.2) is 41.6 Å². The van der Waals surface area contributed by atoms with Gasteiger partial charge >= 0.3 is 6.18 Å². The number of aliphatic hydroxyl groups excluding tert-OH is 1. The third-order valence-electron chi connectivity index (χ3n) is 2.09. The highest BCUT2D eigenvalue weighted by atomic mass is 19.4. The fourth-order valence-electron chi connectivity index (χ4n) is 1.10. The maximum atomic E-state index is 11.9. The molecule has 3 N–H and O–H groups in total. The summed E-state index contributed by atoms with van der Waals surface area (Å²) in [5, 5.41) is 19.8. The number of carbonyl (C=O) groups excluding carboxylic acids is 1. The molecule has 0 bridgehead atoms. The second-order valence-corrected chi connectivity index (χ2v) is 3.62. The maximum absolute atomic E-state index is 11.9. The van der Waals surface area contributed by atoms with Gasteiger partial charge in [0.2, 0.25) is 0 Å². The van der Waals surface area contributed by atoms with E-state index in [9.17, 15) is 23.1 Å². The SMILES string of the molecule is O=C(COc1ccccc1O)NCC(O)C(F)(F)F. The molecule has 0 aliphatic rings. The average molecular weight is 279 g/mol. The topological polar surface area (TPSA) is 78.8 Å². The number of benzene rings is 1. The molecule has 0 saturated heterocycles. The first kappa shape index (κ1) is 15.1. The Balaban J connectivity index is 2.35. The zero-order chi connectivity index (χ0) is 14.5. The number of rotatable bonds is 5. The molecule has 19 heavy (non-hydrogen) atoms. The molecule has 0 spiro atoms. The van der Waals surface area contributed by atoms with Crippen molar-refractivity contribution >= 4 is 5.91 Å². The first-order valence-corrected chi connectivity index (χ1v) is 5.23. The van der Waals surface area contributed by atoms with E-state index in [1.54, 1.807) is 12.1 Å². The summed E-state index contributed by atoms with van der Waals surface area (Å²) in [6.07, 6.45) is -7.41. The Morgan fingerprint density at radius 2 is 2.00 bits per heavy atom. The van der Waals surface area contributed by atoms with Gasteiger partial charge in [-0.1, -0.05) is 12.1 Å². The Morgan fingerprint density at radius 1 is 1.37 bits per heavy atom. The second kappa shape index (κ2) is 6.28. The van der Waals surface area contributed by atoms with Gasteiger partial charge in [-0.2, -0.15) is 13.2 Å². The third kappa shape index (κ3) is 5.04. The molecule has 0 aliphatic heterocycles. The zero-order valence-electron chi connectivity index (χ0n) is 9.65. The summed E-state index contributed by atoms with van der Waals surface area (Å²) >= 11 is 0. The van der Waals surface area contributed by atoms with Crippen molar-refractivity contribution in [1.29, 1.82) is 0 Å². The third-order valence-corrected chi connectivity index (χ3v) is 2.09. The van der Waals surface area contributed by atoms with E-state index < -0.39 is 31.3 Å². The fraction of sp³-hybridized carbons (Fsp3) is 0.364. The number of phenolic OH excluding ortho intramolecular Hbond substituents is 1. The van der Waals surface area contributed by atoms with Crippen molar-refractivity contribution in [3.8, 4) is 11.5 Å². The highest BCUT2D eigenvalue weighted by Crippen LogP contribution is 2.24. The zero-order valence-corrected chi connectivity index (χ0v) is 9.65. The molecule has 1 amide bonds. The molecule has 0 heterocycles. The van der Waals surface area contributed by atoms with Crippen LogP contribution in [0.2, 0.25) is 0 Å². The molecule has 0 radical (unpaired) electrons. The Morgan fingerprint density at radius 3 is 2.58 bits per heavy atom. The monoisotopic (exact) mass is 279 g/mol. The minimum Gasteiger partial charge on any atom is -0.504 e. The summed E-state index contributed by atoms with van der Waals surface area (Å²) < 4.78 is 40.7. The van der Waals surface area contributed by atoms with E-state index in [-0.39, 0.29) is 11.5 Å². The number of aliphatic hydroxyl groups is 1. The van der Waals surface area contributed by atoms with Crippen LogP contribution >= 0.6 is 0 Å². The van der Waals surface area contributed by atoms with Gasteiger partial charge in [0.15, 0.2) is 24.2 Å². The molecule has 0 aliphatic carbocycles. The van der Waals surface area contributed by atoms with Gasteiger partial charge in [-0.05, 0) is 12.1 Å². The van der Waals surface area contributed by atoms with Gasteiger partial charge in [0.1, 0.15) is 0 Å². The highest BCUT2D eigenvalue weighted by molar-refractivity contribution is 5.77. The Kier molecular flexibility index (Phi) is 4.99. The molecule has 0 fully saturated rings. The van der Waals surface area contributed by atoms with Crippen LogP contribution in [0, 0.1) is 0 Å². The number of halogens is 3. The van der Waals surface area contributed by atoms with Crippen molar-refractivity contribution in [1.82, 2.24) is 5.32 Å². The van der Waals surface area contributed by atoms with Gasteiger partial charge in [-0.3, -0.25) is 4.79 Å². The van der Waals surface area contributed by atoms with Crippen LogP contribution in [0.15, 0.2) is 24.3 Å². The first-order chi connectivity index (χ1) is 8.80. The molecule has 106 valence electrons. The van der Waals surface area contributed by atoms with Crippen molar-refractivity contribution < 1.29 is 32.9 Å². The van der Waals surface area contributed by atoms with Crippen LogP contribution in [0.1, 0.15) is 0 Å². The standard InChI is InChI=1S/C11H12F3NO4/c12-11(13,14)9(17)5-15-10(18)6-19-8-4-2-1-3-7(8)16/h1-4,9,16-17H,5-6H2,(H,15,18). The molecule has 1 aromatic carbocycles. The Bertz CT molecular complexity index is 436. The van der Waals surface area contributed by atoms with Crippen LogP contribution in [0.4, 0.5) is 13.2 Å². The summed E-state index contributed by atoms with van der Waals surface area (Å²) in [7, 11) is 0. The molecule has 5 nitrogen and oxygen atoms in total.